The van der Waals surface area contributed by atoms with Gasteiger partial charge >= 0.3 is 0 Å². The zero-order valence-corrected chi connectivity index (χ0v) is 7.29. The number of rotatable bonds is 3. The lowest BCUT2D eigenvalue weighted by Crippen LogP contribution is -2.17. The van der Waals surface area contributed by atoms with Gasteiger partial charge in [0.05, 0.1) is 8.46 Å². The van der Waals surface area contributed by atoms with Crippen molar-refractivity contribution in [3.05, 3.63) is 29.8 Å². The maximum absolute atomic E-state index is 6.91. The second-order valence-electron chi connectivity index (χ2n) is 2.97. The van der Waals surface area contributed by atoms with Crippen molar-refractivity contribution in [3.8, 4) is 5.75 Å². The lowest BCUT2D eigenvalue weighted by molar-refractivity contribution is 0.414. The van der Waals surface area contributed by atoms with Crippen LogP contribution in [0.4, 0.5) is 0 Å². The summed E-state index contributed by atoms with van der Waals surface area (Å²) in [5.41, 5.74) is 6.82. The second kappa shape index (κ2) is 4.12. The Balaban J connectivity index is 2.67. The van der Waals surface area contributed by atoms with Crippen molar-refractivity contribution in [2.24, 2.45) is 5.73 Å². The Morgan fingerprint density at radius 1 is 1.67 bits per heavy atom. The Labute approximate surface area is 74.7 Å². The quantitative estimate of drug-likeness (QED) is 0.740. The van der Waals surface area contributed by atoms with Crippen molar-refractivity contribution in [3.63, 3.8) is 0 Å². The van der Waals surface area contributed by atoms with Gasteiger partial charge in [-0.25, -0.2) is 0 Å². The average molecular weight is 166 g/mol. The molecule has 0 aliphatic rings. The van der Waals surface area contributed by atoms with Crippen LogP contribution in [0.5, 0.6) is 5.75 Å². The molecule has 12 heavy (non-hydrogen) atoms. The van der Waals surface area contributed by atoms with Crippen molar-refractivity contribution < 1.29 is 6.11 Å². The van der Waals surface area contributed by atoms with E-state index < -0.39 is 0 Å². The first-order chi connectivity index (χ1) is 6.22. The molecule has 2 heteroatoms. The second-order valence-corrected chi connectivity index (χ2v) is 2.97. The predicted octanol–water partition coefficient (Wildman–Crippen LogP) is 1.58. The molecule has 0 fully saturated rings. The van der Waals surface area contributed by atoms with Gasteiger partial charge in [-0.2, -0.15) is 0 Å². The van der Waals surface area contributed by atoms with Gasteiger partial charge in [-0.15, -0.1) is 0 Å². The van der Waals surface area contributed by atoms with E-state index in [1.807, 2.05) is 31.2 Å². The maximum atomic E-state index is 6.91. The molecule has 1 aromatic rings. The minimum atomic E-state index is -0.0400. The van der Waals surface area contributed by atoms with Crippen LogP contribution in [-0.4, -0.2) is 13.1 Å². The molecule has 1 unspecified atom stereocenters. The molecule has 1 atom stereocenters. The Bertz CT molecular complexity index is 263. The van der Waals surface area contributed by atoms with Gasteiger partial charge in [0.15, 0.2) is 0 Å². The summed E-state index contributed by atoms with van der Waals surface area (Å²) in [7, 11) is -0.0400. The first-order valence-corrected chi connectivity index (χ1v) is 3.99. The third-order valence-corrected chi connectivity index (χ3v) is 1.62. The van der Waals surface area contributed by atoms with Crippen molar-refractivity contribution in [1.82, 2.24) is 0 Å². The van der Waals surface area contributed by atoms with Gasteiger partial charge in [-0.1, -0.05) is 12.1 Å². The highest BCUT2D eigenvalue weighted by atomic mass is 16.5. The van der Waals surface area contributed by atoms with Crippen LogP contribution in [0.2, 0.25) is 0 Å². The SMILES string of the molecule is [2H]COc1cccc(CC(C)N)c1. The Morgan fingerprint density at radius 2 is 2.50 bits per heavy atom. The highest BCUT2D eigenvalue weighted by Crippen LogP contribution is 2.13. The molecule has 66 valence electrons. The molecule has 0 saturated carbocycles. The largest absolute Gasteiger partial charge is 0.497 e. The number of benzene rings is 1. The van der Waals surface area contributed by atoms with Gasteiger partial charge in [0.2, 0.25) is 0 Å². The van der Waals surface area contributed by atoms with Crippen molar-refractivity contribution in [1.29, 1.82) is 0 Å². The van der Waals surface area contributed by atoms with Crippen LogP contribution in [0.3, 0.4) is 0 Å². The van der Waals surface area contributed by atoms with Crippen molar-refractivity contribution >= 4 is 0 Å². The number of methoxy groups -OCH3 is 1. The molecule has 0 saturated heterocycles. The fraction of sp³-hybridized carbons (Fsp3) is 0.400. The van der Waals surface area contributed by atoms with Gasteiger partial charge in [0.25, 0.3) is 0 Å². The number of nitrogens with two attached hydrogens (primary N) is 1. The maximum Gasteiger partial charge on any atom is 0.119 e. The van der Waals surface area contributed by atoms with Crippen LogP contribution in [0.25, 0.3) is 0 Å². The van der Waals surface area contributed by atoms with E-state index in [4.69, 9.17) is 11.8 Å². The molecule has 2 N–H and O–H groups in total. The molecular formula is C10H15NO. The lowest BCUT2D eigenvalue weighted by atomic mass is 10.1. The van der Waals surface area contributed by atoms with E-state index >= 15 is 0 Å². The monoisotopic (exact) mass is 166 g/mol. The Kier molecular flexibility index (Phi) is 2.61. The number of hydrogen-bond acceptors (Lipinski definition) is 2. The fourth-order valence-electron chi connectivity index (χ4n) is 1.13. The van der Waals surface area contributed by atoms with Crippen LogP contribution in [-0.2, 0) is 6.42 Å². The highest BCUT2D eigenvalue weighted by molar-refractivity contribution is 5.28. The van der Waals surface area contributed by atoms with Gasteiger partial charge in [-0.3, -0.25) is 0 Å². The zero-order chi connectivity index (χ0) is 9.68. The Hall–Kier alpha value is -1.02. The van der Waals surface area contributed by atoms with Crippen molar-refractivity contribution in [2.75, 3.05) is 7.09 Å². The molecule has 0 aliphatic heterocycles. The summed E-state index contributed by atoms with van der Waals surface area (Å²) in [6.45, 7) is 1.97. The van der Waals surface area contributed by atoms with E-state index in [0.717, 1.165) is 17.7 Å². The van der Waals surface area contributed by atoms with E-state index in [-0.39, 0.29) is 13.1 Å². The van der Waals surface area contributed by atoms with Gasteiger partial charge in [0, 0.05) is 6.04 Å². The van der Waals surface area contributed by atoms with E-state index in [9.17, 15) is 0 Å². The van der Waals surface area contributed by atoms with Crippen LogP contribution in [0, 0.1) is 0 Å². The lowest BCUT2D eigenvalue weighted by Gasteiger charge is -2.06. The van der Waals surface area contributed by atoms with Crippen molar-refractivity contribution in [2.45, 2.75) is 19.4 Å². The van der Waals surface area contributed by atoms with E-state index in [1.54, 1.807) is 0 Å². The standard InChI is InChI=1S/C10H15NO/c1-8(11)6-9-4-3-5-10(7-9)12-2/h3-5,7-8H,6,11H2,1-2H3/i2D. The molecule has 0 aromatic heterocycles. The molecule has 2 nitrogen and oxygen atoms in total. The van der Waals surface area contributed by atoms with E-state index in [1.165, 1.54) is 0 Å². The first-order valence-electron chi connectivity index (χ1n) is 4.69. The van der Waals surface area contributed by atoms with Gasteiger partial charge in [-0.05, 0) is 31.0 Å². The smallest absolute Gasteiger partial charge is 0.119 e. The minimum Gasteiger partial charge on any atom is -0.497 e. The molecule has 0 bridgehead atoms. The van der Waals surface area contributed by atoms with Crippen LogP contribution >= 0.6 is 0 Å². The van der Waals surface area contributed by atoms with Gasteiger partial charge < -0.3 is 10.5 Å². The highest BCUT2D eigenvalue weighted by Gasteiger charge is 1.98. The molecular weight excluding hydrogens is 150 g/mol. The van der Waals surface area contributed by atoms with E-state index in [0.29, 0.717) is 0 Å². The number of hydrogen-bond donors (Lipinski definition) is 1. The molecule has 0 heterocycles. The fourth-order valence-corrected chi connectivity index (χ4v) is 1.13. The normalized spacial score (nSPS) is 13.7. The molecule has 1 rings (SSSR count). The third kappa shape index (κ3) is 2.55. The van der Waals surface area contributed by atoms with E-state index in [2.05, 4.69) is 0 Å². The van der Waals surface area contributed by atoms with Crippen LogP contribution < -0.4 is 10.5 Å². The Morgan fingerprint density at radius 3 is 3.17 bits per heavy atom. The molecule has 0 radical (unpaired) electrons. The topological polar surface area (TPSA) is 35.2 Å². The molecule has 0 spiro atoms. The predicted molar refractivity (Wildman–Crippen MR) is 50.3 cm³/mol. The minimum absolute atomic E-state index is 0.0400. The molecule has 1 aromatic carbocycles. The summed E-state index contributed by atoms with van der Waals surface area (Å²) in [5.74, 6) is 0.744. The summed E-state index contributed by atoms with van der Waals surface area (Å²) >= 11 is 0. The summed E-state index contributed by atoms with van der Waals surface area (Å²) in [6.07, 6.45) is 0.842. The molecule has 0 aliphatic carbocycles. The average Bonchev–Trinajstić information content (AvgIpc) is 2.04. The summed E-state index contributed by atoms with van der Waals surface area (Å²) < 4.78 is 12.0. The number of ether oxygens (including phenoxy) is 1. The zero-order valence-electron chi connectivity index (χ0n) is 8.29. The summed E-state index contributed by atoms with van der Waals surface area (Å²) in [4.78, 5) is 0. The van der Waals surface area contributed by atoms with Crippen LogP contribution in [0.15, 0.2) is 24.3 Å². The first kappa shape index (κ1) is 7.62. The van der Waals surface area contributed by atoms with Gasteiger partial charge in [0.1, 0.15) is 5.75 Å². The molecule has 0 amide bonds. The summed E-state index contributed by atoms with van der Waals surface area (Å²) in [5, 5.41) is 0. The third-order valence-electron chi connectivity index (χ3n) is 1.62. The van der Waals surface area contributed by atoms with Crippen LogP contribution in [0.1, 0.15) is 13.9 Å². The summed E-state index contributed by atoms with van der Waals surface area (Å²) in [6, 6.07) is 7.87.